The molecule has 5 heteroatoms. The molecule has 1 heterocycles. The van der Waals surface area contributed by atoms with Gasteiger partial charge in [-0.25, -0.2) is 0 Å². The van der Waals surface area contributed by atoms with Crippen molar-refractivity contribution in [2.45, 2.75) is 26.8 Å². The third-order valence-corrected chi connectivity index (χ3v) is 3.41. The Morgan fingerprint density at radius 3 is 2.52 bits per heavy atom. The summed E-state index contributed by atoms with van der Waals surface area (Å²) in [5.41, 5.74) is 3.37. The molecule has 1 aromatic heterocycles. The van der Waals surface area contributed by atoms with Crippen molar-refractivity contribution in [3.8, 4) is 0 Å². The quantitative estimate of drug-likeness (QED) is 0.888. The number of hydrogen-bond acceptors (Lipinski definition) is 3. The van der Waals surface area contributed by atoms with Crippen molar-refractivity contribution >= 4 is 11.6 Å². The van der Waals surface area contributed by atoms with Crippen molar-refractivity contribution in [2.75, 3.05) is 11.9 Å². The molecule has 21 heavy (non-hydrogen) atoms. The van der Waals surface area contributed by atoms with E-state index in [-0.39, 0.29) is 5.91 Å². The summed E-state index contributed by atoms with van der Waals surface area (Å²) in [7, 11) is 1.77. The van der Waals surface area contributed by atoms with E-state index in [2.05, 4.69) is 29.6 Å². The number of carbonyl (C=O) groups excluding carboxylic acids is 1. The number of nitrogens with zero attached hydrogens (tertiary/aromatic N) is 2. The van der Waals surface area contributed by atoms with Gasteiger partial charge in [-0.3, -0.25) is 9.48 Å². The summed E-state index contributed by atoms with van der Waals surface area (Å²) in [5.74, 6) is -0.148. The first-order valence-electron chi connectivity index (χ1n) is 7.16. The predicted molar refractivity (Wildman–Crippen MR) is 84.4 cm³/mol. The van der Waals surface area contributed by atoms with Gasteiger partial charge in [-0.2, -0.15) is 5.10 Å². The third-order valence-electron chi connectivity index (χ3n) is 3.41. The number of amides is 1. The zero-order valence-corrected chi connectivity index (χ0v) is 13.0. The molecule has 2 aromatic rings. The van der Waals surface area contributed by atoms with E-state index in [1.165, 1.54) is 5.56 Å². The Hall–Kier alpha value is -2.14. The fourth-order valence-corrected chi connectivity index (χ4v) is 2.30. The fraction of sp³-hybridized carbons (Fsp3) is 0.375. The van der Waals surface area contributed by atoms with Crippen LogP contribution < -0.4 is 10.6 Å². The molecule has 0 bridgehead atoms. The van der Waals surface area contributed by atoms with Gasteiger partial charge in [0, 0.05) is 18.8 Å². The summed E-state index contributed by atoms with van der Waals surface area (Å²) in [5, 5.41) is 10.4. The second-order valence-corrected chi connectivity index (χ2v) is 5.15. The number of rotatable bonds is 5. The van der Waals surface area contributed by atoms with Crippen LogP contribution in [0.25, 0.3) is 0 Å². The maximum atomic E-state index is 12.2. The predicted octanol–water partition coefficient (Wildman–Crippen LogP) is 2.65. The summed E-state index contributed by atoms with van der Waals surface area (Å²) in [6.45, 7) is 7.00. The first-order valence-corrected chi connectivity index (χ1v) is 7.16. The molecule has 0 aliphatic rings. The van der Waals surface area contributed by atoms with Crippen molar-refractivity contribution in [1.29, 1.82) is 0 Å². The summed E-state index contributed by atoms with van der Waals surface area (Å²) >= 11 is 0. The van der Waals surface area contributed by atoms with Crippen LogP contribution >= 0.6 is 0 Å². The van der Waals surface area contributed by atoms with Gasteiger partial charge in [0.15, 0.2) is 0 Å². The minimum atomic E-state index is -0.148. The van der Waals surface area contributed by atoms with Crippen LogP contribution in [0.5, 0.6) is 0 Å². The second-order valence-electron chi connectivity index (χ2n) is 5.15. The number of aromatic nitrogens is 2. The molecule has 0 radical (unpaired) electrons. The van der Waals surface area contributed by atoms with Crippen LogP contribution in [0.4, 0.5) is 5.69 Å². The van der Waals surface area contributed by atoms with E-state index in [4.69, 9.17) is 0 Å². The third kappa shape index (κ3) is 3.70. The summed E-state index contributed by atoms with van der Waals surface area (Å²) < 4.78 is 1.59. The molecule has 0 aliphatic carbocycles. The zero-order valence-electron chi connectivity index (χ0n) is 13.0. The number of anilines is 1. The molecule has 1 atom stereocenters. The molecule has 5 nitrogen and oxygen atoms in total. The van der Waals surface area contributed by atoms with Crippen LogP contribution in [0.3, 0.4) is 0 Å². The van der Waals surface area contributed by atoms with Gasteiger partial charge in [0.2, 0.25) is 0 Å². The monoisotopic (exact) mass is 286 g/mol. The van der Waals surface area contributed by atoms with E-state index >= 15 is 0 Å². The Morgan fingerprint density at radius 1 is 1.33 bits per heavy atom. The normalized spacial score (nSPS) is 12.2. The molecule has 2 rings (SSSR count). The average Bonchev–Trinajstić information content (AvgIpc) is 2.79. The molecule has 1 amide bonds. The lowest BCUT2D eigenvalue weighted by atomic mass is 10.1. The largest absolute Gasteiger partial charge is 0.321 e. The van der Waals surface area contributed by atoms with Gasteiger partial charge in [-0.15, -0.1) is 0 Å². The van der Waals surface area contributed by atoms with E-state index in [0.717, 1.165) is 17.9 Å². The van der Waals surface area contributed by atoms with Crippen LogP contribution in [0.1, 0.15) is 41.6 Å². The maximum Gasteiger partial charge on any atom is 0.273 e. The first-order chi connectivity index (χ1) is 10.0. The molecular formula is C16H22N4O. The van der Waals surface area contributed by atoms with Gasteiger partial charge in [-0.05, 0) is 44.2 Å². The number of benzene rings is 1. The average molecular weight is 286 g/mol. The molecular weight excluding hydrogens is 264 g/mol. The molecule has 1 aromatic carbocycles. The number of nitrogens with one attached hydrogen (secondary N) is 2. The van der Waals surface area contributed by atoms with E-state index in [1.807, 2.05) is 31.2 Å². The Bertz CT molecular complexity index is 616. The molecule has 0 spiro atoms. The van der Waals surface area contributed by atoms with Gasteiger partial charge in [0.1, 0.15) is 5.69 Å². The molecule has 0 saturated heterocycles. The van der Waals surface area contributed by atoms with Crippen LogP contribution in [0.2, 0.25) is 0 Å². The van der Waals surface area contributed by atoms with Gasteiger partial charge in [0.25, 0.3) is 5.91 Å². The summed E-state index contributed by atoms with van der Waals surface area (Å²) in [6.07, 6.45) is 0. The molecule has 0 fully saturated rings. The van der Waals surface area contributed by atoms with Crippen LogP contribution in [0.15, 0.2) is 30.3 Å². The van der Waals surface area contributed by atoms with Crippen LogP contribution in [-0.2, 0) is 7.05 Å². The van der Waals surface area contributed by atoms with Crippen LogP contribution in [-0.4, -0.2) is 22.2 Å². The Morgan fingerprint density at radius 2 is 2.00 bits per heavy atom. The standard InChI is InChI=1S/C16H22N4O/c1-5-17-12(3)13-6-8-14(9-7-13)18-16(21)15-10-11(2)19-20(15)4/h6-10,12,17H,5H2,1-4H3,(H,18,21). The molecule has 0 aliphatic heterocycles. The number of carbonyl (C=O) groups is 1. The van der Waals surface area contributed by atoms with Crippen molar-refractivity contribution in [1.82, 2.24) is 15.1 Å². The Labute approximate surface area is 125 Å². The van der Waals surface area contributed by atoms with Crippen LogP contribution in [0, 0.1) is 6.92 Å². The van der Waals surface area contributed by atoms with Gasteiger partial charge >= 0.3 is 0 Å². The highest BCUT2D eigenvalue weighted by molar-refractivity contribution is 6.03. The highest BCUT2D eigenvalue weighted by atomic mass is 16.2. The van der Waals surface area contributed by atoms with Gasteiger partial charge in [-0.1, -0.05) is 19.1 Å². The number of aryl methyl sites for hydroxylation is 2. The highest BCUT2D eigenvalue weighted by Gasteiger charge is 2.12. The number of hydrogen-bond donors (Lipinski definition) is 2. The van der Waals surface area contributed by atoms with Gasteiger partial charge in [0.05, 0.1) is 5.69 Å². The minimum Gasteiger partial charge on any atom is -0.321 e. The van der Waals surface area contributed by atoms with E-state index in [9.17, 15) is 4.79 Å². The maximum absolute atomic E-state index is 12.2. The molecule has 112 valence electrons. The lowest BCUT2D eigenvalue weighted by Gasteiger charge is -2.13. The Kier molecular flexibility index (Phi) is 4.75. The zero-order chi connectivity index (χ0) is 15.4. The lowest BCUT2D eigenvalue weighted by Crippen LogP contribution is -2.18. The van der Waals surface area contributed by atoms with Gasteiger partial charge < -0.3 is 10.6 Å². The minimum absolute atomic E-state index is 0.148. The van der Waals surface area contributed by atoms with E-state index in [0.29, 0.717) is 11.7 Å². The SMILES string of the molecule is CCNC(C)c1ccc(NC(=O)c2cc(C)nn2C)cc1. The second kappa shape index (κ2) is 6.54. The molecule has 2 N–H and O–H groups in total. The van der Waals surface area contributed by atoms with Crippen molar-refractivity contribution in [2.24, 2.45) is 7.05 Å². The fourth-order valence-electron chi connectivity index (χ4n) is 2.30. The van der Waals surface area contributed by atoms with Crippen molar-refractivity contribution in [3.05, 3.63) is 47.3 Å². The molecule has 1 unspecified atom stereocenters. The lowest BCUT2D eigenvalue weighted by molar-refractivity contribution is 0.101. The summed E-state index contributed by atoms with van der Waals surface area (Å²) in [4.78, 5) is 12.2. The Balaban J connectivity index is 2.06. The smallest absolute Gasteiger partial charge is 0.273 e. The topological polar surface area (TPSA) is 58.9 Å². The van der Waals surface area contributed by atoms with Crippen molar-refractivity contribution < 1.29 is 4.79 Å². The summed E-state index contributed by atoms with van der Waals surface area (Å²) in [6, 6.07) is 9.97. The molecule has 0 saturated carbocycles. The van der Waals surface area contributed by atoms with E-state index < -0.39 is 0 Å². The van der Waals surface area contributed by atoms with Crippen molar-refractivity contribution in [3.63, 3.8) is 0 Å². The van der Waals surface area contributed by atoms with E-state index in [1.54, 1.807) is 17.8 Å². The first kappa shape index (κ1) is 15.3. The highest BCUT2D eigenvalue weighted by Crippen LogP contribution is 2.16.